The molecule has 1 unspecified atom stereocenters. The summed E-state index contributed by atoms with van der Waals surface area (Å²) in [6.45, 7) is 8.49. The van der Waals surface area contributed by atoms with E-state index in [1.807, 2.05) is 31.2 Å². The van der Waals surface area contributed by atoms with Gasteiger partial charge in [0.15, 0.2) is 0 Å². The molecule has 1 aromatic heterocycles. The van der Waals surface area contributed by atoms with E-state index in [9.17, 15) is 4.79 Å². The van der Waals surface area contributed by atoms with Crippen molar-refractivity contribution >= 4 is 17.2 Å². The molecule has 0 saturated heterocycles. The van der Waals surface area contributed by atoms with Crippen molar-refractivity contribution in [2.45, 2.75) is 46.1 Å². The van der Waals surface area contributed by atoms with Gasteiger partial charge in [-0.1, -0.05) is 32.9 Å². The fourth-order valence-electron chi connectivity index (χ4n) is 2.19. The lowest BCUT2D eigenvalue weighted by Crippen LogP contribution is -2.26. The van der Waals surface area contributed by atoms with Gasteiger partial charge in [0.25, 0.3) is 5.91 Å². The van der Waals surface area contributed by atoms with Crippen molar-refractivity contribution in [3.8, 4) is 0 Å². The molecule has 1 atom stereocenters. The van der Waals surface area contributed by atoms with E-state index in [0.717, 1.165) is 12.0 Å². The Hall–Kier alpha value is -1.61. The van der Waals surface area contributed by atoms with Crippen molar-refractivity contribution in [1.29, 1.82) is 0 Å². The first-order valence-corrected chi connectivity index (χ1v) is 8.32. The topological polar surface area (TPSA) is 29.1 Å². The molecule has 2 rings (SSSR count). The van der Waals surface area contributed by atoms with Crippen LogP contribution in [0.2, 0.25) is 0 Å². The van der Waals surface area contributed by atoms with E-state index in [-0.39, 0.29) is 11.9 Å². The zero-order valence-corrected chi connectivity index (χ0v) is 14.0. The lowest BCUT2D eigenvalue weighted by molar-refractivity contribution is 0.0940. The predicted octanol–water partition coefficient (Wildman–Crippen LogP) is 4.92. The number of amides is 1. The second-order valence-electron chi connectivity index (χ2n) is 5.63. The van der Waals surface area contributed by atoms with Gasteiger partial charge in [0.1, 0.15) is 0 Å². The summed E-state index contributed by atoms with van der Waals surface area (Å²) < 4.78 is 0. The van der Waals surface area contributed by atoms with Crippen LogP contribution in [-0.2, 0) is 6.42 Å². The maximum Gasteiger partial charge on any atom is 0.251 e. The number of nitrogens with one attached hydrogen (secondary N) is 1. The molecule has 1 amide bonds. The van der Waals surface area contributed by atoms with Gasteiger partial charge in [-0.2, -0.15) is 0 Å². The maximum absolute atomic E-state index is 12.3. The Bertz CT molecular complexity index is 598. The fourth-order valence-corrected chi connectivity index (χ4v) is 3.14. The van der Waals surface area contributed by atoms with Gasteiger partial charge in [0.2, 0.25) is 0 Å². The van der Waals surface area contributed by atoms with Crippen LogP contribution in [0.25, 0.3) is 0 Å². The van der Waals surface area contributed by atoms with Gasteiger partial charge in [-0.05, 0) is 49.1 Å². The Balaban J connectivity index is 2.03. The monoisotopic (exact) mass is 301 g/mol. The van der Waals surface area contributed by atoms with E-state index in [1.165, 1.54) is 15.3 Å². The number of carbonyl (C=O) groups is 1. The van der Waals surface area contributed by atoms with Crippen LogP contribution in [0.15, 0.2) is 36.4 Å². The van der Waals surface area contributed by atoms with Crippen LogP contribution in [0.1, 0.15) is 65.3 Å². The zero-order chi connectivity index (χ0) is 15.4. The number of thiophene rings is 1. The van der Waals surface area contributed by atoms with Crippen LogP contribution >= 0.6 is 11.3 Å². The molecule has 0 aliphatic carbocycles. The molecule has 3 heteroatoms. The van der Waals surface area contributed by atoms with Gasteiger partial charge in [-0.15, -0.1) is 11.3 Å². The van der Waals surface area contributed by atoms with Crippen LogP contribution in [0.3, 0.4) is 0 Å². The van der Waals surface area contributed by atoms with Gasteiger partial charge in [0.05, 0.1) is 6.04 Å². The molecule has 1 aromatic carbocycles. The molecule has 0 aliphatic rings. The largest absolute Gasteiger partial charge is 0.345 e. The first-order valence-electron chi connectivity index (χ1n) is 7.50. The molecule has 21 heavy (non-hydrogen) atoms. The highest BCUT2D eigenvalue weighted by atomic mass is 32.1. The minimum absolute atomic E-state index is 0.00995. The van der Waals surface area contributed by atoms with Crippen LogP contribution in [0, 0.1) is 0 Å². The van der Waals surface area contributed by atoms with Crippen molar-refractivity contribution in [2.75, 3.05) is 0 Å². The minimum atomic E-state index is -0.00995. The Morgan fingerprint density at radius 2 is 1.76 bits per heavy atom. The molecular formula is C18H23NOS. The number of hydrogen-bond donors (Lipinski definition) is 1. The number of carbonyl (C=O) groups excluding carboxylic acids is 1. The van der Waals surface area contributed by atoms with Crippen LogP contribution in [0.5, 0.6) is 0 Å². The third-order valence-corrected chi connectivity index (χ3v) is 5.06. The summed E-state index contributed by atoms with van der Waals surface area (Å²) >= 11 is 1.77. The number of rotatable bonds is 5. The average molecular weight is 301 g/mol. The summed E-state index contributed by atoms with van der Waals surface area (Å²) in [5, 5.41) is 3.07. The summed E-state index contributed by atoms with van der Waals surface area (Å²) in [6.07, 6.45) is 1.04. The molecule has 0 saturated carbocycles. The highest BCUT2D eigenvalue weighted by molar-refractivity contribution is 7.12. The molecule has 112 valence electrons. The van der Waals surface area contributed by atoms with E-state index in [2.05, 4.69) is 38.2 Å². The fraction of sp³-hybridized carbons (Fsp3) is 0.389. The van der Waals surface area contributed by atoms with Gasteiger partial charge >= 0.3 is 0 Å². The number of aryl methyl sites for hydroxylation is 1. The highest BCUT2D eigenvalue weighted by Gasteiger charge is 2.13. The standard InChI is InChI=1S/C18H23NOS/c1-5-16-10-11-17(21-16)13(4)19-18(20)15-8-6-14(7-9-15)12(2)3/h6-13H,5H2,1-4H3,(H,19,20). The summed E-state index contributed by atoms with van der Waals surface area (Å²) in [7, 11) is 0. The van der Waals surface area contributed by atoms with Crippen molar-refractivity contribution in [2.24, 2.45) is 0 Å². The molecule has 0 fully saturated rings. The molecule has 0 radical (unpaired) electrons. The van der Waals surface area contributed by atoms with E-state index in [4.69, 9.17) is 0 Å². The van der Waals surface area contributed by atoms with Crippen molar-refractivity contribution in [1.82, 2.24) is 5.32 Å². The van der Waals surface area contributed by atoms with E-state index < -0.39 is 0 Å². The maximum atomic E-state index is 12.3. The van der Waals surface area contributed by atoms with Gasteiger partial charge in [-0.25, -0.2) is 0 Å². The highest BCUT2D eigenvalue weighted by Crippen LogP contribution is 2.24. The average Bonchev–Trinajstić information content (AvgIpc) is 2.96. The van der Waals surface area contributed by atoms with Crippen molar-refractivity contribution < 1.29 is 4.79 Å². The first-order chi connectivity index (χ1) is 10.0. The molecule has 0 bridgehead atoms. The number of benzene rings is 1. The van der Waals surface area contributed by atoms with E-state index in [0.29, 0.717) is 5.92 Å². The van der Waals surface area contributed by atoms with Crippen LogP contribution < -0.4 is 5.32 Å². The van der Waals surface area contributed by atoms with Crippen molar-refractivity contribution in [3.63, 3.8) is 0 Å². The molecular weight excluding hydrogens is 278 g/mol. The second-order valence-corrected chi connectivity index (χ2v) is 6.83. The molecule has 2 aromatic rings. The second kappa shape index (κ2) is 6.90. The summed E-state index contributed by atoms with van der Waals surface area (Å²) in [6, 6.07) is 12.2. The Labute approximate surface area is 131 Å². The third-order valence-electron chi connectivity index (χ3n) is 3.64. The molecule has 2 nitrogen and oxygen atoms in total. The van der Waals surface area contributed by atoms with E-state index >= 15 is 0 Å². The lowest BCUT2D eigenvalue weighted by atomic mass is 10.0. The lowest BCUT2D eigenvalue weighted by Gasteiger charge is -2.13. The minimum Gasteiger partial charge on any atom is -0.345 e. The molecule has 1 N–H and O–H groups in total. The van der Waals surface area contributed by atoms with Gasteiger partial charge in [-0.3, -0.25) is 4.79 Å². The SMILES string of the molecule is CCc1ccc(C(C)NC(=O)c2ccc(C(C)C)cc2)s1. The molecule has 0 aliphatic heterocycles. The Morgan fingerprint density at radius 3 is 2.29 bits per heavy atom. The Morgan fingerprint density at radius 1 is 1.10 bits per heavy atom. The first kappa shape index (κ1) is 15.8. The van der Waals surface area contributed by atoms with Crippen molar-refractivity contribution in [3.05, 3.63) is 57.3 Å². The smallest absolute Gasteiger partial charge is 0.251 e. The molecule has 1 heterocycles. The zero-order valence-electron chi connectivity index (χ0n) is 13.1. The Kier molecular flexibility index (Phi) is 5.18. The van der Waals surface area contributed by atoms with Crippen LogP contribution in [-0.4, -0.2) is 5.91 Å². The quantitative estimate of drug-likeness (QED) is 0.834. The van der Waals surface area contributed by atoms with Gasteiger partial charge < -0.3 is 5.32 Å². The predicted molar refractivity (Wildman–Crippen MR) is 90.1 cm³/mol. The molecule has 0 spiro atoms. The normalized spacial score (nSPS) is 12.4. The van der Waals surface area contributed by atoms with Gasteiger partial charge in [0, 0.05) is 15.3 Å². The van der Waals surface area contributed by atoms with E-state index in [1.54, 1.807) is 11.3 Å². The summed E-state index contributed by atoms with van der Waals surface area (Å²) in [5.41, 5.74) is 1.98. The van der Waals surface area contributed by atoms with Crippen LogP contribution in [0.4, 0.5) is 0 Å². The summed E-state index contributed by atoms with van der Waals surface area (Å²) in [4.78, 5) is 14.8. The number of hydrogen-bond acceptors (Lipinski definition) is 2. The third kappa shape index (κ3) is 3.94. The summed E-state index contributed by atoms with van der Waals surface area (Å²) in [5.74, 6) is 0.476.